The first-order valence-corrected chi connectivity index (χ1v) is 8.12. The zero-order valence-electron chi connectivity index (χ0n) is 12.7. The van der Waals surface area contributed by atoms with Crippen LogP contribution in [0.2, 0.25) is 10.0 Å². The van der Waals surface area contributed by atoms with Crippen LogP contribution in [-0.2, 0) is 0 Å². The van der Waals surface area contributed by atoms with E-state index < -0.39 is 7.15 Å². The summed E-state index contributed by atoms with van der Waals surface area (Å²) in [5, 5.41) is 17.1. The van der Waals surface area contributed by atoms with Crippen LogP contribution in [0.5, 0.6) is 0 Å². The molecule has 4 rings (SSSR count). The Morgan fingerprint density at radius 3 is 2.52 bits per heavy atom. The van der Waals surface area contributed by atoms with Crippen LogP contribution in [0.1, 0.15) is 1.37 Å². The lowest BCUT2D eigenvalue weighted by molar-refractivity contribution is 0.636. The number of rotatable bonds is 0. The van der Waals surface area contributed by atoms with Gasteiger partial charge in [0.25, 0.3) is 0 Å². The number of benzene rings is 2. The molecule has 2 heterocycles. The maximum atomic E-state index is 9.96. The van der Waals surface area contributed by atoms with Crippen LogP contribution < -0.4 is 0 Å². The topological polar surface area (TPSA) is 57.4 Å². The fourth-order valence-corrected chi connectivity index (χ4v) is 3.25. The molecule has 0 amide bonds. The van der Waals surface area contributed by atoms with Gasteiger partial charge in [-0.1, -0.05) is 35.3 Å². The van der Waals surface area contributed by atoms with Gasteiger partial charge in [0.1, 0.15) is 3.70 Å². The van der Waals surface area contributed by atoms with Crippen molar-refractivity contribution in [1.82, 2.24) is 20.4 Å². The second kappa shape index (κ2) is 8.47. The molecule has 2 aromatic heterocycles. The normalized spacial score (nSPS) is 10.5. The summed E-state index contributed by atoms with van der Waals surface area (Å²) >= 11 is 14.0. The third-order valence-electron chi connectivity index (χ3n) is 2.92. The molecular weight excluding hydrogens is 453 g/mol. The summed E-state index contributed by atoms with van der Waals surface area (Å²) < 4.78 is 16.5. The van der Waals surface area contributed by atoms with Crippen molar-refractivity contribution >= 4 is 67.6 Å². The summed E-state index contributed by atoms with van der Waals surface area (Å²) in [6.45, 7) is 0. The van der Waals surface area contributed by atoms with Crippen molar-refractivity contribution in [3.05, 3.63) is 56.3 Å². The van der Waals surface area contributed by atoms with E-state index in [0.717, 1.165) is 35.6 Å². The molecular formula is C15H12Cl2FIN4. The van der Waals surface area contributed by atoms with Crippen molar-refractivity contribution in [3.8, 4) is 0 Å². The van der Waals surface area contributed by atoms with Crippen molar-refractivity contribution in [2.75, 3.05) is 7.15 Å². The first-order chi connectivity index (χ1) is 11.6. The third-order valence-corrected chi connectivity index (χ3v) is 4.34. The maximum absolute atomic E-state index is 9.96. The zero-order valence-corrected chi connectivity index (χ0v) is 15.3. The van der Waals surface area contributed by atoms with Crippen molar-refractivity contribution in [2.45, 2.75) is 0 Å². The van der Waals surface area contributed by atoms with Gasteiger partial charge in [-0.25, -0.2) is 0 Å². The lowest BCUT2D eigenvalue weighted by Gasteiger charge is -1.90. The number of hydrogen-bond acceptors (Lipinski definition) is 2. The lowest BCUT2D eigenvalue weighted by atomic mass is 10.3. The average molecular weight is 466 g/mol. The SMILES string of the molecule is Clc1cccc2[nH]ncc12.Clc1cccc2n[nH]c(I)c12.[2H]CF. The molecule has 0 aliphatic heterocycles. The number of aromatic nitrogens is 4. The van der Waals surface area contributed by atoms with Crippen LogP contribution in [0, 0.1) is 3.70 Å². The number of H-pyrrole nitrogens is 2. The largest absolute Gasteiger partial charge is 0.278 e. The smallest absolute Gasteiger partial charge is 0.105 e. The summed E-state index contributed by atoms with van der Waals surface area (Å²) in [5.74, 6) is 0. The molecule has 0 saturated carbocycles. The molecule has 0 radical (unpaired) electrons. The minimum Gasteiger partial charge on any atom is -0.278 e. The highest BCUT2D eigenvalue weighted by atomic mass is 127. The number of halogens is 4. The molecule has 8 heteroatoms. The quantitative estimate of drug-likeness (QED) is 0.331. The van der Waals surface area contributed by atoms with E-state index in [-0.39, 0.29) is 0 Å². The Kier molecular flexibility index (Phi) is 6.06. The number of nitrogens with zero attached hydrogens (tertiary/aromatic N) is 2. The molecule has 2 aromatic carbocycles. The van der Waals surface area contributed by atoms with E-state index >= 15 is 0 Å². The fourth-order valence-electron chi connectivity index (χ4n) is 1.92. The van der Waals surface area contributed by atoms with E-state index in [2.05, 4.69) is 43.0 Å². The van der Waals surface area contributed by atoms with Crippen molar-refractivity contribution in [1.29, 1.82) is 0 Å². The molecule has 0 unspecified atom stereocenters. The van der Waals surface area contributed by atoms with Gasteiger partial charge in [-0.2, -0.15) is 10.2 Å². The monoisotopic (exact) mass is 465 g/mol. The lowest BCUT2D eigenvalue weighted by Crippen LogP contribution is -1.69. The second-order valence-corrected chi connectivity index (χ2v) is 6.14. The van der Waals surface area contributed by atoms with Crippen LogP contribution in [0.15, 0.2) is 42.6 Å². The number of fused-ring (bicyclic) bond motifs is 2. The zero-order chi connectivity index (χ0) is 17.5. The Hall–Kier alpha value is -1.38. The summed E-state index contributed by atoms with van der Waals surface area (Å²) in [6.07, 6.45) is 1.72. The van der Waals surface area contributed by atoms with Crippen molar-refractivity contribution < 1.29 is 5.76 Å². The number of aromatic amines is 2. The van der Waals surface area contributed by atoms with E-state index in [9.17, 15) is 4.39 Å². The summed E-state index contributed by atoms with van der Waals surface area (Å²) in [4.78, 5) is 0. The predicted molar refractivity (Wildman–Crippen MR) is 102 cm³/mol. The highest BCUT2D eigenvalue weighted by Gasteiger charge is 2.04. The Morgan fingerprint density at radius 1 is 1.13 bits per heavy atom. The van der Waals surface area contributed by atoms with Crippen LogP contribution in [-0.4, -0.2) is 27.5 Å². The van der Waals surface area contributed by atoms with Gasteiger partial charge >= 0.3 is 0 Å². The van der Waals surface area contributed by atoms with Crippen molar-refractivity contribution in [3.63, 3.8) is 0 Å². The summed E-state index contributed by atoms with van der Waals surface area (Å²) in [7, 11) is -1.00. The highest BCUT2D eigenvalue weighted by Crippen LogP contribution is 2.25. The van der Waals surface area contributed by atoms with Crippen LogP contribution in [0.4, 0.5) is 4.39 Å². The third kappa shape index (κ3) is 4.13. The van der Waals surface area contributed by atoms with Crippen LogP contribution in [0.3, 0.4) is 0 Å². The van der Waals surface area contributed by atoms with Gasteiger partial charge in [0.2, 0.25) is 0 Å². The molecule has 0 spiro atoms. The summed E-state index contributed by atoms with van der Waals surface area (Å²) in [5.41, 5.74) is 1.90. The number of hydrogen-bond donors (Lipinski definition) is 2. The molecule has 2 N–H and O–H groups in total. The Morgan fingerprint density at radius 2 is 1.83 bits per heavy atom. The molecule has 0 aliphatic carbocycles. The van der Waals surface area contributed by atoms with Gasteiger partial charge in [-0.3, -0.25) is 14.6 Å². The van der Waals surface area contributed by atoms with Crippen LogP contribution in [0.25, 0.3) is 21.8 Å². The Balaban J connectivity index is 0.000000150. The maximum Gasteiger partial charge on any atom is 0.105 e. The van der Waals surface area contributed by atoms with E-state index in [4.69, 9.17) is 24.6 Å². The van der Waals surface area contributed by atoms with Gasteiger partial charge in [-0.15, -0.1) is 0 Å². The van der Waals surface area contributed by atoms with Crippen molar-refractivity contribution in [2.24, 2.45) is 0 Å². The van der Waals surface area contributed by atoms with Gasteiger partial charge in [0.15, 0.2) is 0 Å². The van der Waals surface area contributed by atoms with E-state index in [1.54, 1.807) is 6.20 Å². The van der Waals surface area contributed by atoms with Gasteiger partial charge in [-0.05, 0) is 46.9 Å². The predicted octanol–water partition coefficient (Wildman–Crippen LogP) is 5.62. The minimum atomic E-state index is -1.00. The molecule has 0 atom stereocenters. The fraction of sp³-hybridized carbons (Fsp3) is 0.0667. The van der Waals surface area contributed by atoms with Gasteiger partial charge in [0, 0.05) is 5.39 Å². The molecule has 4 nitrogen and oxygen atoms in total. The molecule has 23 heavy (non-hydrogen) atoms. The first kappa shape index (κ1) is 16.5. The average Bonchev–Trinajstić information content (AvgIpc) is 3.17. The van der Waals surface area contributed by atoms with E-state index in [1.165, 1.54) is 0 Å². The molecule has 120 valence electrons. The Labute approximate surface area is 156 Å². The van der Waals surface area contributed by atoms with E-state index in [1.807, 2.05) is 36.4 Å². The molecule has 0 bridgehead atoms. The Bertz CT molecular complexity index is 928. The molecule has 0 fully saturated rings. The standard InChI is InChI=1S/C7H4ClIN2.C7H5ClN2.CH3F/c8-4-2-1-3-5-6(4)7(9)11-10-5;8-6-2-1-3-7-5(6)4-9-10-7;1-2/h1-3H,(H,10,11);1-4H,(H,9,10);1H3/i;;1D. The van der Waals surface area contributed by atoms with Gasteiger partial charge in [0.05, 0.1) is 41.2 Å². The first-order valence-electron chi connectivity index (χ1n) is 7.00. The summed E-state index contributed by atoms with van der Waals surface area (Å²) in [6, 6.07) is 11.4. The molecule has 4 aromatic rings. The molecule has 0 saturated heterocycles. The highest BCUT2D eigenvalue weighted by molar-refractivity contribution is 14.1. The number of nitrogens with one attached hydrogen (secondary N) is 2. The van der Waals surface area contributed by atoms with E-state index in [0.29, 0.717) is 0 Å². The van der Waals surface area contributed by atoms with Crippen LogP contribution >= 0.6 is 45.8 Å². The second-order valence-electron chi connectivity index (χ2n) is 4.24. The minimum absolute atomic E-state index is 0.742. The molecule has 0 aliphatic rings. The number of alkyl halides is 1. The van der Waals surface area contributed by atoms with Gasteiger partial charge < -0.3 is 0 Å².